The van der Waals surface area contributed by atoms with Gasteiger partial charge < -0.3 is 4.74 Å². The number of amides is 3. The van der Waals surface area contributed by atoms with Crippen LogP contribution in [0, 0.1) is 0 Å². The molecule has 2 N–H and O–H groups in total. The van der Waals surface area contributed by atoms with Gasteiger partial charge in [0, 0.05) is 23.0 Å². The van der Waals surface area contributed by atoms with Crippen molar-refractivity contribution in [2.24, 2.45) is 0 Å². The van der Waals surface area contributed by atoms with Crippen molar-refractivity contribution < 1.29 is 19.1 Å². The quantitative estimate of drug-likeness (QED) is 0.214. The largest absolute Gasteiger partial charge is 0.489 e. The molecule has 0 spiro atoms. The highest BCUT2D eigenvalue weighted by Crippen LogP contribution is 2.32. The van der Waals surface area contributed by atoms with E-state index in [-0.39, 0.29) is 18.9 Å². The molecule has 0 unspecified atom stereocenters. The van der Waals surface area contributed by atoms with Crippen molar-refractivity contribution in [3.05, 3.63) is 105 Å². The Labute approximate surface area is 232 Å². The second-order valence-electron chi connectivity index (χ2n) is 7.94. The second-order valence-corrected chi connectivity index (χ2v) is 10.5. The molecule has 3 amide bonds. The molecule has 0 aromatic heterocycles. The third kappa shape index (κ3) is 7.51. The van der Waals surface area contributed by atoms with Crippen LogP contribution in [0.25, 0.3) is 6.08 Å². The molecule has 4 rings (SSSR count). The van der Waals surface area contributed by atoms with Crippen LogP contribution in [0.3, 0.4) is 0 Å². The molecule has 0 aliphatic carbocycles. The van der Waals surface area contributed by atoms with Gasteiger partial charge in [0.05, 0.1) is 4.91 Å². The molecule has 10 heteroatoms. The number of thioether (sulfide) groups is 1. The average Bonchev–Trinajstić information content (AvgIpc) is 3.17. The molecule has 7 nitrogen and oxygen atoms in total. The molecule has 1 fully saturated rings. The van der Waals surface area contributed by atoms with Crippen molar-refractivity contribution in [2.75, 3.05) is 6.54 Å². The van der Waals surface area contributed by atoms with Crippen molar-refractivity contribution >= 4 is 68.0 Å². The van der Waals surface area contributed by atoms with E-state index >= 15 is 0 Å². The highest BCUT2D eigenvalue weighted by atomic mass is 79.9. The van der Waals surface area contributed by atoms with E-state index in [2.05, 4.69) is 26.8 Å². The van der Waals surface area contributed by atoms with Crippen LogP contribution in [-0.2, 0) is 16.2 Å². The molecular formula is C27H22BrN3O4S2. The summed E-state index contributed by atoms with van der Waals surface area (Å²) in [6.45, 7) is 0.529. The number of thiocarbonyl (C=S) groups is 1. The topological polar surface area (TPSA) is 87.7 Å². The van der Waals surface area contributed by atoms with Crippen LogP contribution in [-0.4, -0.2) is 33.5 Å². The maximum Gasteiger partial charge on any atom is 0.269 e. The number of benzene rings is 3. The summed E-state index contributed by atoms with van der Waals surface area (Å²) >= 11 is 9.93. The average molecular weight is 597 g/mol. The predicted octanol–water partition coefficient (Wildman–Crippen LogP) is 5.08. The van der Waals surface area contributed by atoms with Crippen molar-refractivity contribution in [1.82, 2.24) is 15.8 Å². The molecular weight excluding hydrogens is 574 g/mol. The molecule has 1 saturated heterocycles. The third-order valence-corrected chi connectivity index (χ3v) is 7.13. The zero-order valence-electron chi connectivity index (χ0n) is 19.5. The Morgan fingerprint density at radius 3 is 2.49 bits per heavy atom. The first-order chi connectivity index (χ1) is 17.9. The van der Waals surface area contributed by atoms with Crippen LogP contribution in [0.4, 0.5) is 0 Å². The number of hydrogen-bond donors (Lipinski definition) is 2. The number of ether oxygens (including phenoxy) is 1. The molecule has 188 valence electrons. The van der Waals surface area contributed by atoms with E-state index in [9.17, 15) is 14.4 Å². The minimum absolute atomic E-state index is 0.0247. The van der Waals surface area contributed by atoms with E-state index in [0.29, 0.717) is 27.1 Å². The molecule has 1 aliphatic rings. The van der Waals surface area contributed by atoms with E-state index in [4.69, 9.17) is 17.0 Å². The summed E-state index contributed by atoms with van der Waals surface area (Å²) in [4.78, 5) is 39.3. The van der Waals surface area contributed by atoms with Gasteiger partial charge in [0.2, 0.25) is 5.91 Å². The Hall–Kier alpha value is -3.47. The van der Waals surface area contributed by atoms with E-state index < -0.39 is 11.8 Å². The molecule has 3 aromatic carbocycles. The normalized spacial score (nSPS) is 14.1. The molecule has 0 saturated carbocycles. The summed E-state index contributed by atoms with van der Waals surface area (Å²) in [6.07, 6.45) is 1.74. The van der Waals surface area contributed by atoms with E-state index in [1.807, 2.05) is 54.6 Å². The van der Waals surface area contributed by atoms with Gasteiger partial charge in [-0.2, -0.15) is 0 Å². The lowest BCUT2D eigenvalue weighted by molar-refractivity contribution is -0.124. The summed E-state index contributed by atoms with van der Waals surface area (Å²) < 4.78 is 7.01. The van der Waals surface area contributed by atoms with Crippen LogP contribution >= 0.6 is 39.9 Å². The highest BCUT2D eigenvalue weighted by Gasteiger charge is 2.32. The number of hydrazine groups is 1. The fraction of sp³-hybridized carbons (Fsp3) is 0.111. The number of rotatable bonds is 8. The molecule has 0 radical (unpaired) electrons. The van der Waals surface area contributed by atoms with Gasteiger partial charge in [-0.15, -0.1) is 0 Å². The monoisotopic (exact) mass is 595 g/mol. The highest BCUT2D eigenvalue weighted by molar-refractivity contribution is 9.10. The zero-order chi connectivity index (χ0) is 26.2. The van der Waals surface area contributed by atoms with Crippen molar-refractivity contribution in [3.63, 3.8) is 0 Å². The van der Waals surface area contributed by atoms with E-state index in [1.165, 1.54) is 16.7 Å². The standard InChI is InChI=1S/C27H22BrN3O4S2/c28-21-8-4-7-19(15-21)16-23-26(34)31(27(36)37-23)14-13-24(32)29-30-25(33)20-9-11-22(12-10-20)35-17-18-5-2-1-3-6-18/h1-12,15-16H,13-14,17H2,(H,29,32)(H,30,33). The Kier molecular flexibility index (Phi) is 9.10. The summed E-state index contributed by atoms with van der Waals surface area (Å²) in [7, 11) is 0. The first kappa shape index (κ1) is 26.6. The van der Waals surface area contributed by atoms with Crippen LogP contribution < -0.4 is 15.6 Å². The summed E-state index contributed by atoms with van der Waals surface area (Å²) in [5.74, 6) is -0.532. The van der Waals surface area contributed by atoms with Crippen LogP contribution in [0.5, 0.6) is 5.75 Å². The maximum absolute atomic E-state index is 12.7. The smallest absolute Gasteiger partial charge is 0.269 e. The van der Waals surface area contributed by atoms with Gasteiger partial charge in [-0.25, -0.2) is 0 Å². The molecule has 0 atom stereocenters. The Balaban J connectivity index is 1.22. The number of nitrogens with zero attached hydrogens (tertiary/aromatic N) is 1. The van der Waals surface area contributed by atoms with Gasteiger partial charge in [-0.05, 0) is 53.6 Å². The summed E-state index contributed by atoms with van der Waals surface area (Å²) in [5, 5.41) is 0. The number of carbonyl (C=O) groups excluding carboxylic acids is 3. The number of carbonyl (C=O) groups is 3. The predicted molar refractivity (Wildman–Crippen MR) is 151 cm³/mol. The lowest BCUT2D eigenvalue weighted by Crippen LogP contribution is -2.43. The van der Waals surface area contributed by atoms with Crippen molar-refractivity contribution in [3.8, 4) is 5.75 Å². The van der Waals surface area contributed by atoms with Gasteiger partial charge in [0.25, 0.3) is 11.8 Å². The SMILES string of the molecule is O=C(CCN1C(=O)C(=Cc2cccc(Br)c2)SC1=S)NNC(=O)c1ccc(OCc2ccccc2)cc1. The van der Waals surface area contributed by atoms with Gasteiger partial charge in [-0.3, -0.25) is 30.1 Å². The lowest BCUT2D eigenvalue weighted by atomic mass is 10.2. The molecule has 1 heterocycles. The number of nitrogens with one attached hydrogen (secondary N) is 2. The Morgan fingerprint density at radius 2 is 1.76 bits per heavy atom. The van der Waals surface area contributed by atoms with Gasteiger partial charge in [-0.1, -0.05) is 82.4 Å². The summed E-state index contributed by atoms with van der Waals surface area (Å²) in [5.41, 5.74) is 7.03. The minimum atomic E-state index is -0.467. The molecule has 3 aromatic rings. The maximum atomic E-state index is 12.7. The second kappa shape index (κ2) is 12.7. The summed E-state index contributed by atoms with van der Waals surface area (Å²) in [6, 6.07) is 23.9. The van der Waals surface area contributed by atoms with Crippen LogP contribution in [0.2, 0.25) is 0 Å². The minimum Gasteiger partial charge on any atom is -0.489 e. The van der Waals surface area contributed by atoms with Gasteiger partial charge in [0.15, 0.2) is 0 Å². The third-order valence-electron chi connectivity index (χ3n) is 5.26. The van der Waals surface area contributed by atoms with E-state index in [0.717, 1.165) is 15.6 Å². The first-order valence-corrected chi connectivity index (χ1v) is 13.3. The Morgan fingerprint density at radius 1 is 1.00 bits per heavy atom. The first-order valence-electron chi connectivity index (χ1n) is 11.3. The number of hydrogen-bond acceptors (Lipinski definition) is 6. The lowest BCUT2D eigenvalue weighted by Gasteiger charge is -2.14. The number of halogens is 1. The van der Waals surface area contributed by atoms with Gasteiger partial charge >= 0.3 is 0 Å². The van der Waals surface area contributed by atoms with Crippen molar-refractivity contribution in [1.29, 1.82) is 0 Å². The fourth-order valence-corrected chi connectivity index (χ4v) is 5.08. The van der Waals surface area contributed by atoms with Crippen molar-refractivity contribution in [2.45, 2.75) is 13.0 Å². The zero-order valence-corrected chi connectivity index (χ0v) is 22.7. The Bertz CT molecular complexity index is 1350. The van der Waals surface area contributed by atoms with E-state index in [1.54, 1.807) is 30.3 Å². The van der Waals surface area contributed by atoms with Crippen LogP contribution in [0.15, 0.2) is 88.2 Å². The van der Waals surface area contributed by atoms with Gasteiger partial charge in [0.1, 0.15) is 16.7 Å². The fourth-order valence-electron chi connectivity index (χ4n) is 3.36. The molecule has 37 heavy (non-hydrogen) atoms. The van der Waals surface area contributed by atoms with Crippen LogP contribution in [0.1, 0.15) is 27.9 Å². The molecule has 1 aliphatic heterocycles. The molecule has 0 bridgehead atoms.